The van der Waals surface area contributed by atoms with Gasteiger partial charge in [0.25, 0.3) is 0 Å². The van der Waals surface area contributed by atoms with Gasteiger partial charge in [-0.1, -0.05) is 0 Å². The highest BCUT2D eigenvalue weighted by molar-refractivity contribution is 4.77. The van der Waals surface area contributed by atoms with E-state index in [1.165, 1.54) is 0 Å². The van der Waals surface area contributed by atoms with Crippen molar-refractivity contribution in [2.24, 2.45) is 0 Å². The molecule has 0 radical (unpaired) electrons. The standard InChI is InChI=1S/C7H19N3O2/c1-8-7(9-2,10-3)6-12-5-4-11/h8-11H,4-6H2,1-3H3. The van der Waals surface area contributed by atoms with E-state index in [0.29, 0.717) is 13.2 Å². The number of hydrogen-bond donors (Lipinski definition) is 4. The molecule has 0 amide bonds. The molecule has 4 N–H and O–H groups in total. The third kappa shape index (κ3) is 3.46. The van der Waals surface area contributed by atoms with Gasteiger partial charge in [-0.15, -0.1) is 0 Å². The van der Waals surface area contributed by atoms with Crippen LogP contribution in [0, 0.1) is 0 Å². The monoisotopic (exact) mass is 177 g/mol. The summed E-state index contributed by atoms with van der Waals surface area (Å²) >= 11 is 0. The molecule has 12 heavy (non-hydrogen) atoms. The highest BCUT2D eigenvalue weighted by Crippen LogP contribution is 1.92. The van der Waals surface area contributed by atoms with Crippen LogP contribution in [0.25, 0.3) is 0 Å². The van der Waals surface area contributed by atoms with E-state index in [-0.39, 0.29) is 6.61 Å². The van der Waals surface area contributed by atoms with E-state index < -0.39 is 5.79 Å². The molecule has 0 aliphatic carbocycles. The lowest BCUT2D eigenvalue weighted by Gasteiger charge is -2.32. The van der Waals surface area contributed by atoms with Crippen LogP contribution < -0.4 is 16.0 Å². The Balaban J connectivity index is 3.76. The largest absolute Gasteiger partial charge is 0.394 e. The number of ether oxygens (including phenoxy) is 1. The SMILES string of the molecule is CNC(COCCO)(NC)NC. The normalized spacial score (nSPS) is 12.0. The first kappa shape index (κ1) is 11.8. The van der Waals surface area contributed by atoms with Crippen LogP contribution in [0.3, 0.4) is 0 Å². The molecule has 0 fully saturated rings. The van der Waals surface area contributed by atoms with Crippen LogP contribution in [-0.2, 0) is 4.74 Å². The Morgan fingerprint density at radius 1 is 1.17 bits per heavy atom. The Labute approximate surface area is 73.5 Å². The van der Waals surface area contributed by atoms with Crippen LogP contribution in [-0.4, -0.2) is 51.9 Å². The molecule has 5 heteroatoms. The smallest absolute Gasteiger partial charge is 0.147 e. The van der Waals surface area contributed by atoms with Gasteiger partial charge >= 0.3 is 0 Å². The van der Waals surface area contributed by atoms with Gasteiger partial charge in [-0.25, -0.2) is 0 Å². The average Bonchev–Trinajstić information content (AvgIpc) is 2.14. The Morgan fingerprint density at radius 2 is 1.67 bits per heavy atom. The molecule has 0 aromatic rings. The maximum atomic E-state index is 8.49. The lowest BCUT2D eigenvalue weighted by molar-refractivity contribution is 0.0262. The van der Waals surface area contributed by atoms with E-state index in [1.807, 2.05) is 21.1 Å². The predicted octanol–water partition coefficient (Wildman–Crippen LogP) is -1.69. The number of hydrogen-bond acceptors (Lipinski definition) is 5. The third-order valence-electron chi connectivity index (χ3n) is 1.83. The zero-order chi connectivity index (χ0) is 9.45. The molecule has 0 aromatic heterocycles. The molecular formula is C7H19N3O2. The summed E-state index contributed by atoms with van der Waals surface area (Å²) in [6.45, 7) is 0.858. The highest BCUT2D eigenvalue weighted by Gasteiger charge is 2.23. The lowest BCUT2D eigenvalue weighted by atomic mass is 10.3. The van der Waals surface area contributed by atoms with E-state index in [9.17, 15) is 0 Å². The quantitative estimate of drug-likeness (QED) is 0.276. The first-order chi connectivity index (χ1) is 5.74. The van der Waals surface area contributed by atoms with Gasteiger partial charge in [0.2, 0.25) is 0 Å². The minimum atomic E-state index is -0.408. The van der Waals surface area contributed by atoms with Crippen LogP contribution in [0.15, 0.2) is 0 Å². The molecule has 0 bridgehead atoms. The van der Waals surface area contributed by atoms with Crippen molar-refractivity contribution in [3.8, 4) is 0 Å². The first-order valence-corrected chi connectivity index (χ1v) is 4.00. The van der Waals surface area contributed by atoms with E-state index in [4.69, 9.17) is 9.84 Å². The zero-order valence-corrected chi connectivity index (χ0v) is 7.98. The molecule has 0 unspecified atom stereocenters. The van der Waals surface area contributed by atoms with Crippen molar-refractivity contribution in [3.63, 3.8) is 0 Å². The highest BCUT2D eigenvalue weighted by atomic mass is 16.5. The summed E-state index contributed by atoms with van der Waals surface area (Å²) in [5, 5.41) is 17.6. The second kappa shape index (κ2) is 6.33. The molecule has 0 rings (SSSR count). The van der Waals surface area contributed by atoms with E-state index in [2.05, 4.69) is 16.0 Å². The number of aliphatic hydroxyl groups is 1. The minimum Gasteiger partial charge on any atom is -0.394 e. The second-order valence-electron chi connectivity index (χ2n) is 2.43. The zero-order valence-electron chi connectivity index (χ0n) is 7.98. The van der Waals surface area contributed by atoms with Crippen molar-refractivity contribution in [2.45, 2.75) is 5.79 Å². The van der Waals surface area contributed by atoms with E-state index in [0.717, 1.165) is 0 Å². The number of aliphatic hydroxyl groups excluding tert-OH is 1. The lowest BCUT2D eigenvalue weighted by Crippen LogP contribution is -2.66. The van der Waals surface area contributed by atoms with Gasteiger partial charge in [-0.2, -0.15) is 0 Å². The Morgan fingerprint density at radius 3 is 2.00 bits per heavy atom. The molecular weight excluding hydrogens is 158 g/mol. The molecule has 0 saturated heterocycles. The van der Waals surface area contributed by atoms with Crippen molar-refractivity contribution in [1.82, 2.24) is 16.0 Å². The predicted molar refractivity (Wildman–Crippen MR) is 47.8 cm³/mol. The fourth-order valence-corrected chi connectivity index (χ4v) is 0.881. The number of likely N-dealkylation sites (N-methyl/N-ethyl adjacent to an activating group) is 3. The summed E-state index contributed by atoms with van der Waals surface area (Å²) in [6.07, 6.45) is 0. The second-order valence-corrected chi connectivity index (χ2v) is 2.43. The van der Waals surface area contributed by atoms with Gasteiger partial charge in [0.1, 0.15) is 5.79 Å². The fraction of sp³-hybridized carbons (Fsp3) is 1.00. The summed E-state index contributed by atoms with van der Waals surface area (Å²) < 4.78 is 5.18. The van der Waals surface area contributed by atoms with E-state index in [1.54, 1.807) is 0 Å². The van der Waals surface area contributed by atoms with Gasteiger partial charge in [0.15, 0.2) is 0 Å². The summed E-state index contributed by atoms with van der Waals surface area (Å²) in [4.78, 5) is 0. The molecule has 5 nitrogen and oxygen atoms in total. The van der Waals surface area contributed by atoms with Gasteiger partial charge < -0.3 is 9.84 Å². The summed E-state index contributed by atoms with van der Waals surface area (Å²) in [7, 11) is 5.49. The minimum absolute atomic E-state index is 0.0488. The molecule has 0 aromatic carbocycles. The van der Waals surface area contributed by atoms with Crippen molar-refractivity contribution in [3.05, 3.63) is 0 Å². The molecule has 0 aliphatic rings. The topological polar surface area (TPSA) is 65.5 Å². The van der Waals surface area contributed by atoms with Crippen molar-refractivity contribution >= 4 is 0 Å². The molecule has 74 valence electrons. The van der Waals surface area contributed by atoms with Gasteiger partial charge in [0, 0.05) is 0 Å². The maximum Gasteiger partial charge on any atom is 0.147 e. The maximum absolute atomic E-state index is 8.49. The van der Waals surface area contributed by atoms with Crippen molar-refractivity contribution in [2.75, 3.05) is 41.0 Å². The Bertz CT molecular complexity index is 98.6. The van der Waals surface area contributed by atoms with Crippen LogP contribution in [0.2, 0.25) is 0 Å². The van der Waals surface area contributed by atoms with Crippen LogP contribution in [0.1, 0.15) is 0 Å². The van der Waals surface area contributed by atoms with Crippen LogP contribution in [0.4, 0.5) is 0 Å². The van der Waals surface area contributed by atoms with Crippen molar-refractivity contribution < 1.29 is 9.84 Å². The summed E-state index contributed by atoms with van der Waals surface area (Å²) in [5.41, 5.74) is 0. The first-order valence-electron chi connectivity index (χ1n) is 4.00. The molecule has 0 aliphatic heterocycles. The van der Waals surface area contributed by atoms with E-state index >= 15 is 0 Å². The molecule has 0 atom stereocenters. The molecule has 0 heterocycles. The van der Waals surface area contributed by atoms with Crippen molar-refractivity contribution in [1.29, 1.82) is 0 Å². The Hall–Kier alpha value is -0.200. The molecule has 0 spiro atoms. The fourth-order valence-electron chi connectivity index (χ4n) is 0.881. The van der Waals surface area contributed by atoms with Crippen LogP contribution in [0.5, 0.6) is 0 Å². The summed E-state index contributed by atoms with van der Waals surface area (Å²) in [6, 6.07) is 0. The van der Waals surface area contributed by atoms with Crippen LogP contribution >= 0.6 is 0 Å². The van der Waals surface area contributed by atoms with Gasteiger partial charge in [0.05, 0.1) is 19.8 Å². The van der Waals surface area contributed by atoms with Gasteiger partial charge in [-0.3, -0.25) is 16.0 Å². The number of nitrogens with one attached hydrogen (secondary N) is 3. The molecule has 0 saturated carbocycles. The summed E-state index contributed by atoms with van der Waals surface area (Å²) in [5.74, 6) is -0.408. The van der Waals surface area contributed by atoms with Gasteiger partial charge in [-0.05, 0) is 21.1 Å². The Kier molecular flexibility index (Phi) is 6.23. The number of rotatable bonds is 7. The third-order valence-corrected chi connectivity index (χ3v) is 1.83. The average molecular weight is 177 g/mol.